The monoisotopic (exact) mass is 292 g/mol. The minimum atomic E-state index is -0.285. The second-order valence-corrected chi connectivity index (χ2v) is 5.25. The van der Waals surface area contributed by atoms with Crippen LogP contribution in [0.1, 0.15) is 30.5 Å². The van der Waals surface area contributed by atoms with Crippen molar-refractivity contribution in [1.82, 2.24) is 10.3 Å². The van der Waals surface area contributed by atoms with Crippen LogP contribution in [0.5, 0.6) is 0 Å². The number of nitrogens with one attached hydrogen (secondary N) is 1. The Morgan fingerprint density at radius 3 is 2.75 bits per heavy atom. The van der Waals surface area contributed by atoms with Crippen molar-refractivity contribution in [3.63, 3.8) is 0 Å². The number of amides is 1. The minimum absolute atomic E-state index is 0.0191. The molecule has 0 radical (unpaired) electrons. The van der Waals surface area contributed by atoms with Gasteiger partial charge in [-0.25, -0.2) is 9.37 Å². The van der Waals surface area contributed by atoms with E-state index < -0.39 is 0 Å². The second kappa shape index (κ2) is 7.14. The quantitative estimate of drug-likeness (QED) is 0.888. The van der Waals surface area contributed by atoms with Crippen molar-refractivity contribution in [2.45, 2.75) is 25.7 Å². The molecule has 20 heavy (non-hydrogen) atoms. The summed E-state index contributed by atoms with van der Waals surface area (Å²) in [5.41, 5.74) is 3.62. The van der Waals surface area contributed by atoms with Crippen molar-refractivity contribution in [2.75, 3.05) is 6.54 Å². The van der Waals surface area contributed by atoms with Crippen LogP contribution >= 0.6 is 11.3 Å². The van der Waals surface area contributed by atoms with E-state index in [1.165, 1.54) is 12.1 Å². The summed E-state index contributed by atoms with van der Waals surface area (Å²) in [6, 6.07) is 6.12. The third-order valence-electron chi connectivity index (χ3n) is 3.16. The fourth-order valence-electron chi connectivity index (χ4n) is 2.07. The Balaban J connectivity index is 1.90. The second-order valence-electron chi connectivity index (χ2n) is 4.53. The summed E-state index contributed by atoms with van der Waals surface area (Å²) in [6.07, 6.45) is 1.42. The number of carbonyl (C=O) groups is 1. The Kier molecular flexibility index (Phi) is 5.24. The van der Waals surface area contributed by atoms with Crippen molar-refractivity contribution in [2.24, 2.45) is 0 Å². The molecule has 2 rings (SSSR count). The van der Waals surface area contributed by atoms with Crippen molar-refractivity contribution < 1.29 is 9.18 Å². The summed E-state index contributed by atoms with van der Waals surface area (Å²) in [4.78, 5) is 16.3. The number of hydrogen-bond donors (Lipinski definition) is 1. The van der Waals surface area contributed by atoms with Gasteiger partial charge in [-0.3, -0.25) is 4.79 Å². The molecule has 0 bridgehead atoms. The highest BCUT2D eigenvalue weighted by Gasteiger charge is 2.18. The van der Waals surface area contributed by atoms with E-state index >= 15 is 0 Å². The number of benzene rings is 1. The zero-order chi connectivity index (χ0) is 14.4. The van der Waals surface area contributed by atoms with E-state index in [0.717, 1.165) is 17.7 Å². The molecular formula is C15H17FN2OS. The zero-order valence-corrected chi connectivity index (χ0v) is 12.1. The summed E-state index contributed by atoms with van der Waals surface area (Å²) in [5, 5.41) is 4.89. The molecule has 0 spiro atoms. The smallest absolute Gasteiger partial charge is 0.227 e. The fourth-order valence-corrected chi connectivity index (χ4v) is 2.66. The first-order valence-electron chi connectivity index (χ1n) is 6.61. The van der Waals surface area contributed by atoms with E-state index in [1.807, 2.05) is 12.3 Å². The van der Waals surface area contributed by atoms with Gasteiger partial charge in [-0.2, -0.15) is 0 Å². The van der Waals surface area contributed by atoms with Gasteiger partial charge in [-0.1, -0.05) is 19.1 Å². The van der Waals surface area contributed by atoms with Crippen LogP contribution in [0.25, 0.3) is 0 Å². The van der Waals surface area contributed by atoms with Gasteiger partial charge in [0.05, 0.1) is 17.1 Å². The van der Waals surface area contributed by atoms with E-state index in [-0.39, 0.29) is 17.6 Å². The SMILES string of the molecule is CCC(C(=O)NCCc1cscn1)c1ccc(F)cc1. The van der Waals surface area contributed by atoms with Gasteiger partial charge in [0.2, 0.25) is 5.91 Å². The lowest BCUT2D eigenvalue weighted by molar-refractivity contribution is -0.122. The number of rotatable bonds is 6. The molecule has 1 amide bonds. The maximum absolute atomic E-state index is 12.9. The van der Waals surface area contributed by atoms with Crippen molar-refractivity contribution >= 4 is 17.2 Å². The maximum Gasteiger partial charge on any atom is 0.227 e. The summed E-state index contributed by atoms with van der Waals surface area (Å²) >= 11 is 1.55. The van der Waals surface area contributed by atoms with Gasteiger partial charge >= 0.3 is 0 Å². The number of halogens is 1. The fraction of sp³-hybridized carbons (Fsp3) is 0.333. The van der Waals surface area contributed by atoms with Crippen LogP contribution in [-0.4, -0.2) is 17.4 Å². The zero-order valence-electron chi connectivity index (χ0n) is 11.3. The van der Waals surface area contributed by atoms with E-state index in [0.29, 0.717) is 13.0 Å². The molecule has 3 nitrogen and oxygen atoms in total. The van der Waals surface area contributed by atoms with E-state index in [9.17, 15) is 9.18 Å². The molecule has 0 saturated carbocycles. The van der Waals surface area contributed by atoms with Crippen LogP contribution in [0.15, 0.2) is 35.2 Å². The highest BCUT2D eigenvalue weighted by molar-refractivity contribution is 7.07. The third kappa shape index (κ3) is 3.87. The first kappa shape index (κ1) is 14.7. The minimum Gasteiger partial charge on any atom is -0.355 e. The predicted molar refractivity (Wildman–Crippen MR) is 78.3 cm³/mol. The van der Waals surface area contributed by atoms with Gasteiger partial charge in [-0.15, -0.1) is 11.3 Å². The topological polar surface area (TPSA) is 42.0 Å². The Bertz CT molecular complexity index is 540. The molecule has 0 saturated heterocycles. The van der Waals surface area contributed by atoms with Crippen molar-refractivity contribution in [1.29, 1.82) is 0 Å². The van der Waals surface area contributed by atoms with Crippen molar-refractivity contribution in [3.05, 3.63) is 52.2 Å². The lowest BCUT2D eigenvalue weighted by Crippen LogP contribution is -2.30. The predicted octanol–water partition coefficient (Wildman–Crippen LogP) is 3.13. The van der Waals surface area contributed by atoms with Crippen LogP contribution in [0.3, 0.4) is 0 Å². The number of aromatic nitrogens is 1. The largest absolute Gasteiger partial charge is 0.355 e. The van der Waals surface area contributed by atoms with Gasteiger partial charge in [0.25, 0.3) is 0 Å². The molecule has 1 aromatic heterocycles. The summed E-state index contributed by atoms with van der Waals surface area (Å²) in [5.74, 6) is -0.534. The van der Waals surface area contributed by atoms with Crippen LogP contribution in [0, 0.1) is 5.82 Å². The molecule has 2 aromatic rings. The van der Waals surface area contributed by atoms with E-state index in [2.05, 4.69) is 10.3 Å². The van der Waals surface area contributed by atoms with E-state index in [1.54, 1.807) is 29.0 Å². The molecule has 0 aliphatic carbocycles. The molecule has 1 aromatic carbocycles. The average molecular weight is 292 g/mol. The van der Waals surface area contributed by atoms with Crippen LogP contribution in [-0.2, 0) is 11.2 Å². The Morgan fingerprint density at radius 1 is 1.40 bits per heavy atom. The van der Waals surface area contributed by atoms with Gasteiger partial charge in [0.1, 0.15) is 5.82 Å². The van der Waals surface area contributed by atoms with Crippen LogP contribution < -0.4 is 5.32 Å². The molecule has 1 N–H and O–H groups in total. The number of hydrogen-bond acceptors (Lipinski definition) is 3. The number of thiazole rings is 1. The van der Waals surface area contributed by atoms with Gasteiger partial charge in [-0.05, 0) is 24.1 Å². The molecule has 1 unspecified atom stereocenters. The Hall–Kier alpha value is -1.75. The first-order chi connectivity index (χ1) is 9.70. The van der Waals surface area contributed by atoms with E-state index in [4.69, 9.17) is 0 Å². The molecule has 0 aliphatic rings. The summed E-state index contributed by atoms with van der Waals surface area (Å²) in [7, 11) is 0. The van der Waals surface area contributed by atoms with Crippen LogP contribution in [0.2, 0.25) is 0 Å². The Morgan fingerprint density at radius 2 is 2.15 bits per heavy atom. The van der Waals surface area contributed by atoms with Crippen LogP contribution in [0.4, 0.5) is 4.39 Å². The lowest BCUT2D eigenvalue weighted by Gasteiger charge is -2.15. The normalized spacial score (nSPS) is 12.1. The van der Waals surface area contributed by atoms with Gasteiger partial charge in [0, 0.05) is 18.3 Å². The average Bonchev–Trinajstić information content (AvgIpc) is 2.95. The summed E-state index contributed by atoms with van der Waals surface area (Å²) < 4.78 is 12.9. The molecule has 5 heteroatoms. The molecule has 0 fully saturated rings. The van der Waals surface area contributed by atoms with Crippen molar-refractivity contribution in [3.8, 4) is 0 Å². The molecule has 106 valence electrons. The third-order valence-corrected chi connectivity index (χ3v) is 3.80. The summed E-state index contributed by atoms with van der Waals surface area (Å²) in [6.45, 7) is 2.52. The highest BCUT2D eigenvalue weighted by atomic mass is 32.1. The molecule has 1 atom stereocenters. The highest BCUT2D eigenvalue weighted by Crippen LogP contribution is 2.20. The first-order valence-corrected chi connectivity index (χ1v) is 7.55. The van der Waals surface area contributed by atoms with Gasteiger partial charge < -0.3 is 5.32 Å². The number of carbonyl (C=O) groups excluding carboxylic acids is 1. The standard InChI is InChI=1S/C15H17FN2OS/c1-2-14(11-3-5-12(16)6-4-11)15(19)17-8-7-13-9-20-10-18-13/h3-6,9-10,14H,2,7-8H2,1H3,(H,17,19). The Labute approximate surface area is 121 Å². The molecule has 1 heterocycles. The maximum atomic E-state index is 12.9. The lowest BCUT2D eigenvalue weighted by atomic mass is 9.95. The number of nitrogens with zero attached hydrogens (tertiary/aromatic N) is 1. The molecule has 0 aliphatic heterocycles. The van der Waals surface area contributed by atoms with Gasteiger partial charge in [0.15, 0.2) is 0 Å². The molecular weight excluding hydrogens is 275 g/mol.